The maximum Gasteiger partial charge on any atom is 0.327 e. The summed E-state index contributed by atoms with van der Waals surface area (Å²) in [4.78, 5) is 37.4. The molecule has 1 amide bonds. The van der Waals surface area contributed by atoms with Crippen LogP contribution < -0.4 is 10.1 Å². The van der Waals surface area contributed by atoms with Crippen LogP contribution >= 0.6 is 0 Å². The molecule has 0 fully saturated rings. The van der Waals surface area contributed by atoms with E-state index >= 15 is 0 Å². The number of esters is 2. The largest absolute Gasteiger partial charge is 0.497 e. The smallest absolute Gasteiger partial charge is 0.327 e. The molecule has 0 bridgehead atoms. The Morgan fingerprint density at radius 3 is 2.12 bits per heavy atom. The van der Waals surface area contributed by atoms with E-state index < -0.39 is 17.4 Å². The third-order valence-corrected chi connectivity index (χ3v) is 4.69. The quantitative estimate of drug-likeness (QED) is 0.444. The third kappa shape index (κ3) is 6.44. The van der Waals surface area contributed by atoms with E-state index in [2.05, 4.69) is 5.32 Å². The molecule has 0 saturated heterocycles. The van der Waals surface area contributed by atoms with Gasteiger partial charge in [0.05, 0.1) is 20.3 Å². The molecule has 2 aromatic carbocycles. The fourth-order valence-electron chi connectivity index (χ4n) is 3.17. The van der Waals surface area contributed by atoms with Gasteiger partial charge in [-0.05, 0) is 49.2 Å². The SMILES string of the molecule is CCOC(=O)C(/C=C/c1ccc(NC(C)=O)cc1)(Cc1cccc(OC)c1)C(=O)OCC. The van der Waals surface area contributed by atoms with E-state index in [0.717, 1.165) is 11.1 Å². The van der Waals surface area contributed by atoms with Crippen molar-refractivity contribution in [1.29, 1.82) is 0 Å². The second kappa shape index (κ2) is 11.7. The highest BCUT2D eigenvalue weighted by Crippen LogP contribution is 2.31. The predicted octanol–water partition coefficient (Wildman–Crippen LogP) is 4.02. The number of anilines is 1. The van der Waals surface area contributed by atoms with Crippen LogP contribution in [0.2, 0.25) is 0 Å². The van der Waals surface area contributed by atoms with Crippen LogP contribution in [0.15, 0.2) is 54.6 Å². The highest BCUT2D eigenvalue weighted by atomic mass is 16.6. The van der Waals surface area contributed by atoms with Crippen LogP contribution in [-0.4, -0.2) is 38.2 Å². The van der Waals surface area contributed by atoms with Crippen molar-refractivity contribution in [2.24, 2.45) is 5.41 Å². The zero-order valence-electron chi connectivity index (χ0n) is 18.8. The summed E-state index contributed by atoms with van der Waals surface area (Å²) in [7, 11) is 1.55. The van der Waals surface area contributed by atoms with E-state index in [9.17, 15) is 14.4 Å². The van der Waals surface area contributed by atoms with Gasteiger partial charge in [-0.15, -0.1) is 0 Å². The molecule has 7 heteroatoms. The van der Waals surface area contributed by atoms with Gasteiger partial charge in [0.25, 0.3) is 0 Å². The van der Waals surface area contributed by atoms with Crippen LogP contribution in [0.5, 0.6) is 5.75 Å². The van der Waals surface area contributed by atoms with Crippen molar-refractivity contribution >= 4 is 29.6 Å². The minimum Gasteiger partial charge on any atom is -0.497 e. The highest BCUT2D eigenvalue weighted by molar-refractivity contribution is 6.03. The van der Waals surface area contributed by atoms with Gasteiger partial charge in [0.1, 0.15) is 5.75 Å². The summed E-state index contributed by atoms with van der Waals surface area (Å²) >= 11 is 0. The van der Waals surface area contributed by atoms with Crippen molar-refractivity contribution in [3.05, 3.63) is 65.7 Å². The number of carbonyl (C=O) groups is 3. The van der Waals surface area contributed by atoms with Gasteiger partial charge in [0.2, 0.25) is 5.91 Å². The first-order valence-corrected chi connectivity index (χ1v) is 10.4. The van der Waals surface area contributed by atoms with Crippen molar-refractivity contribution in [3.8, 4) is 5.75 Å². The van der Waals surface area contributed by atoms with Crippen molar-refractivity contribution in [1.82, 2.24) is 0 Å². The number of ether oxygens (including phenoxy) is 3. The first-order valence-electron chi connectivity index (χ1n) is 10.4. The van der Waals surface area contributed by atoms with Gasteiger partial charge in [-0.3, -0.25) is 14.4 Å². The summed E-state index contributed by atoms with van der Waals surface area (Å²) in [6, 6.07) is 14.2. The Morgan fingerprint density at radius 1 is 0.969 bits per heavy atom. The van der Waals surface area contributed by atoms with Crippen LogP contribution in [0.1, 0.15) is 31.9 Å². The number of hydrogen-bond acceptors (Lipinski definition) is 6. The Hall–Kier alpha value is -3.61. The van der Waals surface area contributed by atoms with Crippen molar-refractivity contribution in [2.45, 2.75) is 27.2 Å². The summed E-state index contributed by atoms with van der Waals surface area (Å²) < 4.78 is 15.8. The molecule has 32 heavy (non-hydrogen) atoms. The lowest BCUT2D eigenvalue weighted by Gasteiger charge is -2.26. The van der Waals surface area contributed by atoms with Gasteiger partial charge >= 0.3 is 11.9 Å². The molecule has 1 N–H and O–H groups in total. The van der Waals surface area contributed by atoms with Gasteiger partial charge in [0, 0.05) is 19.0 Å². The second-order valence-corrected chi connectivity index (χ2v) is 7.08. The number of amides is 1. The van der Waals surface area contributed by atoms with Crippen LogP contribution in [0, 0.1) is 5.41 Å². The monoisotopic (exact) mass is 439 g/mol. The number of rotatable bonds is 10. The number of benzene rings is 2. The minimum absolute atomic E-state index is 0.0440. The molecule has 0 aliphatic rings. The lowest BCUT2D eigenvalue weighted by molar-refractivity contribution is -0.167. The maximum absolute atomic E-state index is 13.1. The van der Waals surface area contributed by atoms with Crippen LogP contribution in [0.25, 0.3) is 6.08 Å². The van der Waals surface area contributed by atoms with Gasteiger partial charge < -0.3 is 19.5 Å². The standard InChI is InChI=1S/C25H29NO6/c1-5-31-23(28)25(24(29)32-6-2,17-20-8-7-9-22(16-20)30-4)15-14-19-10-12-21(13-11-19)26-18(3)27/h7-16H,5-6,17H2,1-4H3,(H,26,27)/b15-14+. The van der Waals surface area contributed by atoms with E-state index in [1.807, 2.05) is 6.07 Å². The molecule has 2 rings (SSSR count). The Kier molecular flexibility index (Phi) is 9.01. The molecular formula is C25H29NO6. The fourth-order valence-corrected chi connectivity index (χ4v) is 3.17. The average Bonchev–Trinajstić information content (AvgIpc) is 2.77. The molecule has 0 radical (unpaired) electrons. The molecule has 0 unspecified atom stereocenters. The van der Waals surface area contributed by atoms with Crippen LogP contribution in [-0.2, 0) is 30.3 Å². The van der Waals surface area contributed by atoms with Gasteiger partial charge in [-0.1, -0.05) is 36.4 Å². The number of methoxy groups -OCH3 is 1. The lowest BCUT2D eigenvalue weighted by atomic mass is 9.80. The third-order valence-electron chi connectivity index (χ3n) is 4.69. The Bertz CT molecular complexity index is 947. The molecule has 0 atom stereocenters. The molecular weight excluding hydrogens is 410 g/mol. The topological polar surface area (TPSA) is 90.9 Å². The fraction of sp³-hybridized carbons (Fsp3) is 0.320. The Balaban J connectivity index is 2.48. The van der Waals surface area contributed by atoms with E-state index in [-0.39, 0.29) is 25.5 Å². The second-order valence-electron chi connectivity index (χ2n) is 7.08. The molecule has 170 valence electrons. The molecule has 0 spiro atoms. The van der Waals surface area contributed by atoms with Gasteiger partial charge in [-0.2, -0.15) is 0 Å². The van der Waals surface area contributed by atoms with Gasteiger partial charge in [-0.25, -0.2) is 0 Å². The maximum atomic E-state index is 13.1. The average molecular weight is 440 g/mol. The number of hydrogen-bond donors (Lipinski definition) is 1. The number of carbonyl (C=O) groups excluding carboxylic acids is 3. The summed E-state index contributed by atoms with van der Waals surface area (Å²) in [5.41, 5.74) is 0.432. The summed E-state index contributed by atoms with van der Waals surface area (Å²) in [6.45, 7) is 5.04. The summed E-state index contributed by atoms with van der Waals surface area (Å²) in [5.74, 6) is -0.934. The normalized spacial score (nSPS) is 11.1. The zero-order chi connectivity index (χ0) is 23.6. The van der Waals surface area contributed by atoms with Crippen molar-refractivity contribution < 1.29 is 28.6 Å². The first kappa shape index (κ1) is 24.7. The molecule has 0 aliphatic carbocycles. The number of nitrogens with one attached hydrogen (secondary N) is 1. The van der Waals surface area contributed by atoms with E-state index in [1.165, 1.54) is 13.0 Å². The molecule has 0 aromatic heterocycles. The van der Waals surface area contributed by atoms with Gasteiger partial charge in [0.15, 0.2) is 5.41 Å². The predicted molar refractivity (Wildman–Crippen MR) is 122 cm³/mol. The van der Waals surface area contributed by atoms with Crippen molar-refractivity contribution in [2.75, 3.05) is 25.6 Å². The zero-order valence-corrected chi connectivity index (χ0v) is 18.8. The Labute approximate surface area is 188 Å². The molecule has 0 aliphatic heterocycles. The minimum atomic E-state index is -1.67. The molecule has 7 nitrogen and oxygen atoms in total. The van der Waals surface area contributed by atoms with Crippen LogP contribution in [0.4, 0.5) is 5.69 Å². The molecule has 2 aromatic rings. The molecule has 0 saturated carbocycles. The Morgan fingerprint density at radius 2 is 1.59 bits per heavy atom. The summed E-state index contributed by atoms with van der Waals surface area (Å²) in [6.07, 6.45) is 3.24. The van der Waals surface area contributed by atoms with E-state index in [4.69, 9.17) is 14.2 Å². The van der Waals surface area contributed by atoms with E-state index in [0.29, 0.717) is 11.4 Å². The van der Waals surface area contributed by atoms with Crippen molar-refractivity contribution in [3.63, 3.8) is 0 Å². The first-order chi connectivity index (χ1) is 15.3. The summed E-state index contributed by atoms with van der Waals surface area (Å²) in [5, 5.41) is 2.69. The molecule has 0 heterocycles. The van der Waals surface area contributed by atoms with Crippen LogP contribution in [0.3, 0.4) is 0 Å². The lowest BCUT2D eigenvalue weighted by Crippen LogP contribution is -2.42. The van der Waals surface area contributed by atoms with E-state index in [1.54, 1.807) is 69.5 Å². The highest BCUT2D eigenvalue weighted by Gasteiger charge is 2.47.